The van der Waals surface area contributed by atoms with Crippen molar-refractivity contribution in [1.29, 1.82) is 0 Å². The molecule has 2 N–H and O–H groups in total. The molecule has 0 unspecified atom stereocenters. The van der Waals surface area contributed by atoms with Crippen molar-refractivity contribution in [2.45, 2.75) is 17.3 Å². The molecule has 0 saturated carbocycles. The van der Waals surface area contributed by atoms with E-state index in [4.69, 9.17) is 22.2 Å². The summed E-state index contributed by atoms with van der Waals surface area (Å²) in [6.45, 7) is 0. The van der Waals surface area contributed by atoms with E-state index in [1.54, 1.807) is 25.3 Å². The van der Waals surface area contributed by atoms with Gasteiger partial charge in [0.2, 0.25) is 5.16 Å². The van der Waals surface area contributed by atoms with E-state index in [9.17, 15) is 4.39 Å². The van der Waals surface area contributed by atoms with Crippen molar-refractivity contribution < 1.29 is 9.13 Å². The maximum absolute atomic E-state index is 13.0. The topological polar surface area (TPSA) is 66.0 Å². The fourth-order valence-electron chi connectivity index (χ4n) is 2.31. The van der Waals surface area contributed by atoms with E-state index >= 15 is 0 Å². The SMILES string of the molecule is COc1ccc(Cl)cc1CSc1nnc(Cc2ccc(F)cc2)n1N. The van der Waals surface area contributed by atoms with Crippen LogP contribution in [-0.4, -0.2) is 22.0 Å². The lowest BCUT2D eigenvalue weighted by Crippen LogP contribution is -2.14. The second-order valence-electron chi connectivity index (χ2n) is 5.32. The third kappa shape index (κ3) is 4.24. The smallest absolute Gasteiger partial charge is 0.210 e. The first-order chi connectivity index (χ1) is 12.1. The maximum atomic E-state index is 13.0. The number of ether oxygens (including phenoxy) is 1. The van der Waals surface area contributed by atoms with Crippen LogP contribution in [0.1, 0.15) is 17.0 Å². The zero-order valence-electron chi connectivity index (χ0n) is 13.4. The molecule has 2 aromatic carbocycles. The van der Waals surface area contributed by atoms with Crippen molar-refractivity contribution in [2.75, 3.05) is 13.0 Å². The number of rotatable bonds is 6. The van der Waals surface area contributed by atoms with Gasteiger partial charge in [-0.3, -0.25) is 0 Å². The summed E-state index contributed by atoms with van der Waals surface area (Å²) in [7, 11) is 1.61. The molecule has 0 fully saturated rings. The number of benzene rings is 2. The predicted molar refractivity (Wildman–Crippen MR) is 96.9 cm³/mol. The average Bonchev–Trinajstić information content (AvgIpc) is 2.95. The average molecular weight is 379 g/mol. The molecular formula is C17H16ClFN4OS. The van der Waals surface area contributed by atoms with Gasteiger partial charge in [0.1, 0.15) is 11.6 Å². The number of nitrogens with two attached hydrogens (primary N) is 1. The fraction of sp³-hybridized carbons (Fsp3) is 0.176. The number of nitrogen functional groups attached to an aromatic ring is 1. The summed E-state index contributed by atoms with van der Waals surface area (Å²) in [6.07, 6.45) is 0.477. The van der Waals surface area contributed by atoms with E-state index in [1.165, 1.54) is 28.6 Å². The molecular weight excluding hydrogens is 363 g/mol. The molecule has 1 aromatic heterocycles. The minimum Gasteiger partial charge on any atom is -0.496 e. The molecule has 0 aliphatic carbocycles. The van der Waals surface area contributed by atoms with E-state index in [0.717, 1.165) is 16.9 Å². The van der Waals surface area contributed by atoms with Crippen LogP contribution >= 0.6 is 23.4 Å². The van der Waals surface area contributed by atoms with Gasteiger partial charge in [0, 0.05) is 22.8 Å². The Morgan fingerprint density at radius 2 is 1.96 bits per heavy atom. The Morgan fingerprint density at radius 1 is 1.20 bits per heavy atom. The Kier molecular flexibility index (Phi) is 5.45. The molecule has 0 radical (unpaired) electrons. The van der Waals surface area contributed by atoms with Crippen LogP contribution in [-0.2, 0) is 12.2 Å². The molecule has 0 aliphatic rings. The summed E-state index contributed by atoms with van der Waals surface area (Å²) in [6, 6.07) is 11.7. The molecule has 1 heterocycles. The summed E-state index contributed by atoms with van der Waals surface area (Å²) in [5.74, 6) is 7.76. The summed E-state index contributed by atoms with van der Waals surface area (Å²) in [4.78, 5) is 0. The van der Waals surface area contributed by atoms with Crippen molar-refractivity contribution in [3.63, 3.8) is 0 Å². The first kappa shape index (κ1) is 17.6. The zero-order valence-corrected chi connectivity index (χ0v) is 15.0. The minimum absolute atomic E-state index is 0.273. The molecule has 0 amide bonds. The molecule has 0 saturated heterocycles. The van der Waals surface area contributed by atoms with Crippen LogP contribution in [0.4, 0.5) is 4.39 Å². The number of halogens is 2. The standard InChI is InChI=1S/C17H16ClFN4OS/c1-24-15-7-4-13(18)9-12(15)10-25-17-22-21-16(23(17)20)8-11-2-5-14(19)6-3-11/h2-7,9H,8,10,20H2,1H3. The molecule has 0 atom stereocenters. The summed E-state index contributed by atoms with van der Waals surface area (Å²) in [5.41, 5.74) is 1.86. The first-order valence-corrected chi connectivity index (χ1v) is 8.82. The van der Waals surface area contributed by atoms with Crippen LogP contribution in [0.5, 0.6) is 5.75 Å². The van der Waals surface area contributed by atoms with Crippen molar-refractivity contribution in [1.82, 2.24) is 14.9 Å². The van der Waals surface area contributed by atoms with Gasteiger partial charge in [-0.25, -0.2) is 9.07 Å². The van der Waals surface area contributed by atoms with E-state index in [0.29, 0.717) is 28.2 Å². The van der Waals surface area contributed by atoms with E-state index in [2.05, 4.69) is 10.2 Å². The highest BCUT2D eigenvalue weighted by atomic mass is 35.5. The van der Waals surface area contributed by atoms with Crippen molar-refractivity contribution in [3.8, 4) is 5.75 Å². The van der Waals surface area contributed by atoms with Gasteiger partial charge in [-0.1, -0.05) is 35.5 Å². The minimum atomic E-state index is -0.273. The van der Waals surface area contributed by atoms with Gasteiger partial charge in [0.25, 0.3) is 0 Å². The normalized spacial score (nSPS) is 10.8. The molecule has 0 bridgehead atoms. The first-order valence-electron chi connectivity index (χ1n) is 7.46. The van der Waals surface area contributed by atoms with E-state index in [1.807, 2.05) is 12.1 Å². The number of methoxy groups -OCH3 is 1. The lowest BCUT2D eigenvalue weighted by atomic mass is 10.1. The van der Waals surface area contributed by atoms with Gasteiger partial charge in [0.05, 0.1) is 7.11 Å². The van der Waals surface area contributed by atoms with Gasteiger partial charge in [-0.15, -0.1) is 10.2 Å². The van der Waals surface area contributed by atoms with Crippen molar-refractivity contribution >= 4 is 23.4 Å². The molecule has 0 spiro atoms. The Balaban J connectivity index is 1.71. The third-order valence-electron chi connectivity index (χ3n) is 3.61. The molecule has 130 valence electrons. The predicted octanol–water partition coefficient (Wildman–Crippen LogP) is 3.68. The Labute approximate surface area is 153 Å². The number of hydrogen-bond acceptors (Lipinski definition) is 5. The van der Waals surface area contributed by atoms with Crippen LogP contribution in [0.15, 0.2) is 47.6 Å². The van der Waals surface area contributed by atoms with Gasteiger partial charge in [-0.05, 0) is 35.9 Å². The number of thioether (sulfide) groups is 1. The van der Waals surface area contributed by atoms with Crippen LogP contribution in [0.25, 0.3) is 0 Å². The van der Waals surface area contributed by atoms with Gasteiger partial charge in [-0.2, -0.15) is 0 Å². The lowest BCUT2D eigenvalue weighted by Gasteiger charge is -2.08. The van der Waals surface area contributed by atoms with Gasteiger partial charge < -0.3 is 10.6 Å². The summed E-state index contributed by atoms with van der Waals surface area (Å²) >= 11 is 7.48. The van der Waals surface area contributed by atoms with Crippen molar-refractivity contribution in [2.24, 2.45) is 0 Å². The quantitative estimate of drug-likeness (QED) is 0.523. The molecule has 25 heavy (non-hydrogen) atoms. The van der Waals surface area contributed by atoms with Crippen LogP contribution < -0.4 is 10.6 Å². The number of hydrogen-bond donors (Lipinski definition) is 1. The Hall–Kier alpha value is -2.25. The second kappa shape index (κ2) is 7.76. The van der Waals surface area contributed by atoms with Crippen LogP contribution in [0.2, 0.25) is 5.02 Å². The van der Waals surface area contributed by atoms with Gasteiger partial charge in [0.15, 0.2) is 5.82 Å². The highest BCUT2D eigenvalue weighted by molar-refractivity contribution is 7.98. The summed E-state index contributed by atoms with van der Waals surface area (Å²) in [5, 5.41) is 9.47. The highest BCUT2D eigenvalue weighted by Gasteiger charge is 2.13. The van der Waals surface area contributed by atoms with Crippen LogP contribution in [0.3, 0.4) is 0 Å². The second-order valence-corrected chi connectivity index (χ2v) is 6.70. The zero-order chi connectivity index (χ0) is 17.8. The fourth-order valence-corrected chi connectivity index (χ4v) is 3.36. The van der Waals surface area contributed by atoms with Crippen LogP contribution in [0, 0.1) is 5.82 Å². The Morgan fingerprint density at radius 3 is 2.68 bits per heavy atom. The Bertz CT molecular complexity index is 870. The number of aromatic nitrogens is 3. The van der Waals surface area contributed by atoms with Crippen molar-refractivity contribution in [3.05, 3.63) is 70.3 Å². The van der Waals surface area contributed by atoms with Gasteiger partial charge >= 0.3 is 0 Å². The molecule has 3 rings (SSSR count). The third-order valence-corrected chi connectivity index (χ3v) is 4.84. The molecule has 8 heteroatoms. The number of nitrogens with zero attached hydrogens (tertiary/aromatic N) is 3. The monoisotopic (exact) mass is 378 g/mol. The molecule has 0 aliphatic heterocycles. The van der Waals surface area contributed by atoms with E-state index in [-0.39, 0.29) is 5.82 Å². The molecule has 5 nitrogen and oxygen atoms in total. The highest BCUT2D eigenvalue weighted by Crippen LogP contribution is 2.29. The summed E-state index contributed by atoms with van der Waals surface area (Å²) < 4.78 is 19.8. The largest absolute Gasteiger partial charge is 0.496 e. The molecule has 3 aromatic rings. The lowest BCUT2D eigenvalue weighted by molar-refractivity contribution is 0.411. The maximum Gasteiger partial charge on any atom is 0.210 e. The van der Waals surface area contributed by atoms with E-state index < -0.39 is 0 Å².